The first kappa shape index (κ1) is 19.6. The summed E-state index contributed by atoms with van der Waals surface area (Å²) < 4.78 is 24.6. The van der Waals surface area contributed by atoms with Crippen LogP contribution in [0, 0.1) is 5.82 Å². The first-order valence-electron chi connectivity index (χ1n) is 9.40. The molecule has 4 rings (SSSR count). The molecule has 3 aromatic rings. The second-order valence-electron chi connectivity index (χ2n) is 6.86. The van der Waals surface area contributed by atoms with Gasteiger partial charge in [-0.2, -0.15) is 0 Å². The topological polar surface area (TPSA) is 84.5 Å². The zero-order valence-electron chi connectivity index (χ0n) is 16.6. The largest absolute Gasteiger partial charge is 0.497 e. The Kier molecular flexibility index (Phi) is 5.22. The quantitative estimate of drug-likeness (QED) is 0.716. The van der Waals surface area contributed by atoms with E-state index in [1.54, 1.807) is 41.3 Å². The summed E-state index contributed by atoms with van der Waals surface area (Å²) in [5, 5.41) is 0. The lowest BCUT2D eigenvalue weighted by atomic mass is 10.0. The first-order valence-corrected chi connectivity index (χ1v) is 9.40. The Morgan fingerprint density at radius 2 is 1.97 bits per heavy atom. The zero-order chi connectivity index (χ0) is 21.3. The lowest BCUT2D eigenvalue weighted by Gasteiger charge is -2.28. The molecule has 154 valence electrons. The minimum absolute atomic E-state index is 0.114. The van der Waals surface area contributed by atoms with E-state index in [0.29, 0.717) is 41.3 Å². The van der Waals surface area contributed by atoms with Crippen LogP contribution in [0.4, 0.5) is 4.39 Å². The molecule has 0 aliphatic carbocycles. The summed E-state index contributed by atoms with van der Waals surface area (Å²) >= 11 is 0. The van der Waals surface area contributed by atoms with E-state index >= 15 is 0 Å². The van der Waals surface area contributed by atoms with Crippen molar-refractivity contribution < 1.29 is 18.7 Å². The van der Waals surface area contributed by atoms with Gasteiger partial charge in [-0.15, -0.1) is 0 Å². The van der Waals surface area contributed by atoms with Gasteiger partial charge >= 0.3 is 0 Å². The fourth-order valence-electron chi connectivity index (χ4n) is 3.52. The number of nitrogens with one attached hydrogen (secondary N) is 1. The highest BCUT2D eigenvalue weighted by Gasteiger charge is 2.27. The van der Waals surface area contributed by atoms with Crippen LogP contribution in [0.5, 0.6) is 11.5 Å². The van der Waals surface area contributed by atoms with Crippen LogP contribution in [0.15, 0.2) is 47.3 Å². The number of H-pyrrole nitrogens is 1. The fourth-order valence-corrected chi connectivity index (χ4v) is 3.52. The van der Waals surface area contributed by atoms with Gasteiger partial charge < -0.3 is 19.4 Å². The van der Waals surface area contributed by atoms with E-state index in [2.05, 4.69) is 9.97 Å². The molecule has 0 unspecified atom stereocenters. The standard InChI is InChI=1S/C22H20FN3O4/c1-29-13-7-8-15(19(11-13)30-2)22(28)26-10-9-18-16(12-26)21(27)25-20(24-18)14-5-3-4-6-17(14)23/h3-8,11H,9-10,12H2,1-2H3,(H,24,25,27). The number of carbonyl (C=O) groups is 1. The molecular weight excluding hydrogens is 389 g/mol. The van der Waals surface area contributed by atoms with Crippen LogP contribution < -0.4 is 15.0 Å². The highest BCUT2D eigenvalue weighted by molar-refractivity contribution is 5.97. The number of aromatic nitrogens is 2. The van der Waals surface area contributed by atoms with Crippen LogP contribution in [0.2, 0.25) is 0 Å². The van der Waals surface area contributed by atoms with Gasteiger partial charge in [-0.3, -0.25) is 9.59 Å². The Hall–Kier alpha value is -3.68. The predicted octanol–water partition coefficient (Wildman–Crippen LogP) is 2.79. The molecule has 1 amide bonds. The van der Waals surface area contributed by atoms with Crippen LogP contribution in [0.3, 0.4) is 0 Å². The van der Waals surface area contributed by atoms with Crippen molar-refractivity contribution in [2.24, 2.45) is 0 Å². The van der Waals surface area contributed by atoms with Gasteiger partial charge in [-0.25, -0.2) is 9.37 Å². The summed E-state index contributed by atoms with van der Waals surface area (Å²) in [7, 11) is 3.02. The summed E-state index contributed by atoms with van der Waals surface area (Å²) in [4.78, 5) is 34.4. The van der Waals surface area contributed by atoms with Crippen LogP contribution in [0.25, 0.3) is 11.4 Å². The lowest BCUT2D eigenvalue weighted by molar-refractivity contribution is 0.0729. The van der Waals surface area contributed by atoms with Gasteiger partial charge in [0.25, 0.3) is 11.5 Å². The van der Waals surface area contributed by atoms with Crippen molar-refractivity contribution in [1.82, 2.24) is 14.9 Å². The van der Waals surface area contributed by atoms with Crippen molar-refractivity contribution >= 4 is 5.91 Å². The van der Waals surface area contributed by atoms with Crippen molar-refractivity contribution in [3.63, 3.8) is 0 Å². The van der Waals surface area contributed by atoms with Gasteiger partial charge in [0.1, 0.15) is 23.1 Å². The van der Waals surface area contributed by atoms with Gasteiger partial charge in [0.2, 0.25) is 0 Å². The molecule has 30 heavy (non-hydrogen) atoms. The Labute approximate surface area is 172 Å². The molecule has 1 aliphatic heterocycles. The third-order valence-electron chi connectivity index (χ3n) is 5.12. The van der Waals surface area contributed by atoms with Crippen LogP contribution in [-0.4, -0.2) is 41.5 Å². The molecule has 0 saturated heterocycles. The molecule has 0 atom stereocenters. The minimum atomic E-state index is -0.459. The van der Waals surface area contributed by atoms with Crippen molar-refractivity contribution in [3.8, 4) is 22.9 Å². The predicted molar refractivity (Wildman–Crippen MR) is 108 cm³/mol. The Bertz CT molecular complexity index is 1180. The van der Waals surface area contributed by atoms with Crippen LogP contribution in [0.1, 0.15) is 21.6 Å². The summed E-state index contributed by atoms with van der Waals surface area (Å²) in [5.74, 6) is 0.451. The number of fused-ring (bicyclic) bond motifs is 1. The number of hydrogen-bond acceptors (Lipinski definition) is 5. The molecule has 0 radical (unpaired) electrons. The number of halogens is 1. The zero-order valence-corrected chi connectivity index (χ0v) is 16.6. The van der Waals surface area contributed by atoms with E-state index in [1.807, 2.05) is 0 Å². The summed E-state index contributed by atoms with van der Waals surface area (Å²) in [6.07, 6.45) is 0.394. The molecule has 1 aromatic heterocycles. The molecule has 0 saturated carbocycles. The number of amides is 1. The van der Waals surface area contributed by atoms with Gasteiger partial charge in [0.15, 0.2) is 0 Å². The highest BCUT2D eigenvalue weighted by atomic mass is 19.1. The maximum Gasteiger partial charge on any atom is 0.257 e. The molecule has 1 N–H and O–H groups in total. The van der Waals surface area contributed by atoms with Crippen LogP contribution in [-0.2, 0) is 13.0 Å². The molecule has 2 aromatic carbocycles. The summed E-state index contributed by atoms with van der Waals surface area (Å²) in [6.45, 7) is 0.497. The first-order chi connectivity index (χ1) is 14.5. The number of aromatic amines is 1. The number of carbonyl (C=O) groups excluding carboxylic acids is 1. The van der Waals surface area contributed by atoms with E-state index < -0.39 is 5.82 Å². The van der Waals surface area contributed by atoms with Crippen molar-refractivity contribution in [2.75, 3.05) is 20.8 Å². The van der Waals surface area contributed by atoms with Crippen molar-refractivity contribution in [1.29, 1.82) is 0 Å². The SMILES string of the molecule is COc1ccc(C(=O)N2CCc3nc(-c4ccccc4F)[nH]c(=O)c3C2)c(OC)c1. The second kappa shape index (κ2) is 7.98. The van der Waals surface area contributed by atoms with E-state index in [0.717, 1.165) is 0 Å². The second-order valence-corrected chi connectivity index (χ2v) is 6.86. The van der Waals surface area contributed by atoms with E-state index in [9.17, 15) is 14.0 Å². The molecular formula is C22H20FN3O4. The molecule has 2 heterocycles. The van der Waals surface area contributed by atoms with Crippen molar-refractivity contribution in [3.05, 3.63) is 75.5 Å². The number of ether oxygens (including phenoxy) is 2. The summed E-state index contributed by atoms with van der Waals surface area (Å²) in [5.41, 5.74) is 1.22. The van der Waals surface area contributed by atoms with Gasteiger partial charge in [-0.05, 0) is 24.3 Å². The third kappa shape index (κ3) is 3.52. The smallest absolute Gasteiger partial charge is 0.257 e. The van der Waals surface area contributed by atoms with Crippen molar-refractivity contribution in [2.45, 2.75) is 13.0 Å². The number of benzene rings is 2. The number of methoxy groups -OCH3 is 2. The molecule has 7 nitrogen and oxygen atoms in total. The van der Waals surface area contributed by atoms with Crippen LogP contribution >= 0.6 is 0 Å². The van der Waals surface area contributed by atoms with E-state index in [-0.39, 0.29) is 29.4 Å². The number of nitrogens with zero attached hydrogens (tertiary/aromatic N) is 2. The third-order valence-corrected chi connectivity index (χ3v) is 5.12. The average molecular weight is 409 g/mol. The highest BCUT2D eigenvalue weighted by Crippen LogP contribution is 2.27. The Morgan fingerprint density at radius 1 is 1.17 bits per heavy atom. The number of rotatable bonds is 4. The maximum atomic E-state index is 14.1. The average Bonchev–Trinajstić information content (AvgIpc) is 2.78. The van der Waals surface area contributed by atoms with Gasteiger partial charge in [-0.1, -0.05) is 12.1 Å². The normalized spacial score (nSPS) is 13.0. The Morgan fingerprint density at radius 3 is 2.70 bits per heavy atom. The number of hydrogen-bond donors (Lipinski definition) is 1. The fraction of sp³-hybridized carbons (Fsp3) is 0.227. The maximum absolute atomic E-state index is 14.1. The Balaban J connectivity index is 1.64. The molecule has 0 fully saturated rings. The minimum Gasteiger partial charge on any atom is -0.497 e. The lowest BCUT2D eigenvalue weighted by Crippen LogP contribution is -2.39. The van der Waals surface area contributed by atoms with Gasteiger partial charge in [0, 0.05) is 19.0 Å². The van der Waals surface area contributed by atoms with E-state index in [1.165, 1.54) is 20.3 Å². The molecule has 1 aliphatic rings. The molecule has 0 spiro atoms. The molecule has 0 bridgehead atoms. The summed E-state index contributed by atoms with van der Waals surface area (Å²) in [6, 6.07) is 11.1. The monoisotopic (exact) mass is 409 g/mol. The molecule has 8 heteroatoms. The van der Waals surface area contributed by atoms with Gasteiger partial charge in [0.05, 0.1) is 43.1 Å². The van der Waals surface area contributed by atoms with E-state index in [4.69, 9.17) is 9.47 Å².